The highest BCUT2D eigenvalue weighted by Crippen LogP contribution is 2.20. The first-order valence-corrected chi connectivity index (χ1v) is 7.03. The van der Waals surface area contributed by atoms with Crippen LogP contribution in [0.4, 0.5) is 5.95 Å². The molecule has 0 saturated heterocycles. The number of ether oxygens (including phenoxy) is 1. The minimum Gasteiger partial charge on any atom is -0.497 e. The zero-order valence-electron chi connectivity index (χ0n) is 12.5. The van der Waals surface area contributed by atoms with Gasteiger partial charge in [-0.2, -0.15) is 0 Å². The number of para-hydroxylation sites is 2. The lowest BCUT2D eigenvalue weighted by Gasteiger charge is -2.08. The number of carbonyl (C=O) groups excluding carboxylic acids is 1. The SMILES string of the molecule is CNc1nc2ccccc2n1CC(=O)c1cccc(OC)c1. The fraction of sp³-hybridized carbons (Fsp3) is 0.176. The van der Waals surface area contributed by atoms with Gasteiger partial charge in [0, 0.05) is 12.6 Å². The van der Waals surface area contributed by atoms with Crippen molar-refractivity contribution in [2.45, 2.75) is 6.54 Å². The van der Waals surface area contributed by atoms with Gasteiger partial charge in [-0.05, 0) is 24.3 Å². The first-order valence-electron chi connectivity index (χ1n) is 7.03. The number of ketones is 1. The van der Waals surface area contributed by atoms with Crippen molar-refractivity contribution in [1.82, 2.24) is 9.55 Å². The smallest absolute Gasteiger partial charge is 0.204 e. The number of imidazole rings is 1. The number of rotatable bonds is 5. The average molecular weight is 295 g/mol. The molecular formula is C17H17N3O2. The van der Waals surface area contributed by atoms with E-state index < -0.39 is 0 Å². The van der Waals surface area contributed by atoms with Gasteiger partial charge in [0.1, 0.15) is 5.75 Å². The number of Topliss-reactive ketones (excluding diaryl/α,β-unsaturated/α-hetero) is 1. The summed E-state index contributed by atoms with van der Waals surface area (Å²) in [5.74, 6) is 1.37. The Kier molecular flexibility index (Phi) is 3.78. The molecule has 0 fully saturated rings. The summed E-state index contributed by atoms with van der Waals surface area (Å²) in [6, 6.07) is 15.0. The molecule has 0 unspecified atom stereocenters. The molecule has 0 atom stereocenters. The molecule has 3 aromatic rings. The van der Waals surface area contributed by atoms with Gasteiger partial charge in [0.05, 0.1) is 24.7 Å². The molecule has 22 heavy (non-hydrogen) atoms. The van der Waals surface area contributed by atoms with Crippen LogP contribution in [-0.2, 0) is 6.54 Å². The van der Waals surface area contributed by atoms with E-state index in [1.54, 1.807) is 26.3 Å². The summed E-state index contributed by atoms with van der Waals surface area (Å²) in [7, 11) is 3.39. The number of nitrogens with zero attached hydrogens (tertiary/aromatic N) is 2. The maximum atomic E-state index is 12.6. The van der Waals surface area contributed by atoms with Gasteiger partial charge in [0.25, 0.3) is 0 Å². The number of benzene rings is 2. The molecule has 0 amide bonds. The second kappa shape index (κ2) is 5.89. The molecule has 1 heterocycles. The molecule has 0 aliphatic rings. The molecule has 112 valence electrons. The summed E-state index contributed by atoms with van der Waals surface area (Å²) in [5, 5.41) is 3.04. The fourth-order valence-corrected chi connectivity index (χ4v) is 2.46. The third-order valence-electron chi connectivity index (χ3n) is 3.57. The number of hydrogen-bond donors (Lipinski definition) is 1. The highest BCUT2D eigenvalue weighted by Gasteiger charge is 2.14. The highest BCUT2D eigenvalue weighted by atomic mass is 16.5. The first-order chi connectivity index (χ1) is 10.7. The standard InChI is InChI=1S/C17H17N3O2/c1-18-17-19-14-8-3-4-9-15(14)20(17)11-16(21)12-6-5-7-13(10-12)22-2/h3-10H,11H2,1-2H3,(H,18,19). The van der Waals surface area contributed by atoms with Crippen molar-refractivity contribution in [1.29, 1.82) is 0 Å². The quantitative estimate of drug-likeness (QED) is 0.735. The van der Waals surface area contributed by atoms with Crippen molar-refractivity contribution in [2.75, 3.05) is 19.5 Å². The topological polar surface area (TPSA) is 56.2 Å². The molecule has 0 saturated carbocycles. The van der Waals surface area contributed by atoms with Crippen LogP contribution in [0.3, 0.4) is 0 Å². The van der Waals surface area contributed by atoms with Crippen molar-refractivity contribution in [3.8, 4) is 5.75 Å². The summed E-state index contributed by atoms with van der Waals surface area (Å²) < 4.78 is 7.06. The second-order valence-electron chi connectivity index (χ2n) is 4.92. The van der Waals surface area contributed by atoms with E-state index in [1.807, 2.05) is 41.0 Å². The third kappa shape index (κ3) is 2.53. The lowest BCUT2D eigenvalue weighted by Crippen LogP contribution is -2.12. The minimum atomic E-state index is 0.0125. The van der Waals surface area contributed by atoms with E-state index >= 15 is 0 Å². The van der Waals surface area contributed by atoms with Gasteiger partial charge < -0.3 is 14.6 Å². The minimum absolute atomic E-state index is 0.0125. The molecular weight excluding hydrogens is 278 g/mol. The van der Waals surface area contributed by atoms with Crippen molar-refractivity contribution < 1.29 is 9.53 Å². The predicted octanol–water partition coefficient (Wildman–Crippen LogP) is 2.97. The van der Waals surface area contributed by atoms with E-state index in [-0.39, 0.29) is 12.3 Å². The monoisotopic (exact) mass is 295 g/mol. The van der Waals surface area contributed by atoms with Crippen LogP contribution in [0.5, 0.6) is 5.75 Å². The van der Waals surface area contributed by atoms with E-state index in [9.17, 15) is 4.79 Å². The first kappa shape index (κ1) is 14.1. The van der Waals surface area contributed by atoms with Gasteiger partial charge in [0.2, 0.25) is 5.95 Å². The molecule has 5 heteroatoms. The number of hydrogen-bond acceptors (Lipinski definition) is 4. The van der Waals surface area contributed by atoms with E-state index in [0.29, 0.717) is 17.3 Å². The average Bonchev–Trinajstić information content (AvgIpc) is 2.93. The zero-order valence-corrected chi connectivity index (χ0v) is 12.5. The van der Waals surface area contributed by atoms with Gasteiger partial charge in [0.15, 0.2) is 5.78 Å². The van der Waals surface area contributed by atoms with Crippen LogP contribution in [-0.4, -0.2) is 29.5 Å². The van der Waals surface area contributed by atoms with Crippen LogP contribution >= 0.6 is 0 Å². The Morgan fingerprint density at radius 1 is 1.23 bits per heavy atom. The molecule has 2 aromatic carbocycles. The molecule has 1 aromatic heterocycles. The summed E-state index contributed by atoms with van der Waals surface area (Å²) in [4.78, 5) is 17.0. The summed E-state index contributed by atoms with van der Waals surface area (Å²) in [6.07, 6.45) is 0. The van der Waals surface area contributed by atoms with E-state index in [2.05, 4.69) is 10.3 Å². The van der Waals surface area contributed by atoms with Gasteiger partial charge in [-0.1, -0.05) is 24.3 Å². The normalized spacial score (nSPS) is 10.6. The fourth-order valence-electron chi connectivity index (χ4n) is 2.46. The van der Waals surface area contributed by atoms with Gasteiger partial charge in [-0.3, -0.25) is 4.79 Å². The van der Waals surface area contributed by atoms with Gasteiger partial charge in [-0.25, -0.2) is 4.98 Å². The van der Waals surface area contributed by atoms with Crippen molar-refractivity contribution >= 4 is 22.8 Å². The van der Waals surface area contributed by atoms with Crippen LogP contribution in [0, 0.1) is 0 Å². The Hall–Kier alpha value is -2.82. The Bertz CT molecular complexity index is 824. The zero-order chi connectivity index (χ0) is 15.5. The summed E-state index contributed by atoms with van der Waals surface area (Å²) >= 11 is 0. The van der Waals surface area contributed by atoms with Gasteiger partial charge >= 0.3 is 0 Å². The Balaban J connectivity index is 1.96. The van der Waals surface area contributed by atoms with Crippen molar-refractivity contribution in [3.63, 3.8) is 0 Å². The molecule has 3 rings (SSSR count). The molecule has 0 radical (unpaired) electrons. The molecule has 5 nitrogen and oxygen atoms in total. The van der Waals surface area contributed by atoms with Crippen LogP contribution < -0.4 is 10.1 Å². The Morgan fingerprint density at radius 2 is 2.05 bits per heavy atom. The van der Waals surface area contributed by atoms with E-state index in [4.69, 9.17) is 4.74 Å². The van der Waals surface area contributed by atoms with Gasteiger partial charge in [-0.15, -0.1) is 0 Å². The van der Waals surface area contributed by atoms with Crippen LogP contribution in [0.25, 0.3) is 11.0 Å². The summed E-state index contributed by atoms with van der Waals surface area (Å²) in [6.45, 7) is 0.226. The van der Waals surface area contributed by atoms with E-state index in [0.717, 1.165) is 11.0 Å². The number of anilines is 1. The number of carbonyl (C=O) groups is 1. The molecule has 0 bridgehead atoms. The van der Waals surface area contributed by atoms with Crippen LogP contribution in [0.15, 0.2) is 48.5 Å². The predicted molar refractivity (Wildman–Crippen MR) is 86.6 cm³/mol. The Labute approximate surface area is 128 Å². The van der Waals surface area contributed by atoms with Crippen molar-refractivity contribution in [3.05, 3.63) is 54.1 Å². The molecule has 1 N–H and O–H groups in total. The third-order valence-corrected chi connectivity index (χ3v) is 3.57. The highest BCUT2D eigenvalue weighted by molar-refractivity contribution is 5.97. The number of nitrogens with one attached hydrogen (secondary N) is 1. The largest absolute Gasteiger partial charge is 0.497 e. The van der Waals surface area contributed by atoms with Crippen molar-refractivity contribution in [2.24, 2.45) is 0 Å². The van der Waals surface area contributed by atoms with Crippen LogP contribution in [0.1, 0.15) is 10.4 Å². The molecule has 0 aliphatic heterocycles. The molecule has 0 aliphatic carbocycles. The number of methoxy groups -OCH3 is 1. The lowest BCUT2D eigenvalue weighted by atomic mass is 10.1. The Morgan fingerprint density at radius 3 is 2.82 bits per heavy atom. The maximum Gasteiger partial charge on any atom is 0.204 e. The second-order valence-corrected chi connectivity index (χ2v) is 4.92. The summed E-state index contributed by atoms with van der Waals surface area (Å²) in [5.41, 5.74) is 2.42. The maximum absolute atomic E-state index is 12.6. The number of fused-ring (bicyclic) bond motifs is 1. The molecule has 0 spiro atoms. The van der Waals surface area contributed by atoms with E-state index in [1.165, 1.54) is 0 Å². The van der Waals surface area contributed by atoms with Crippen LogP contribution in [0.2, 0.25) is 0 Å². The number of aromatic nitrogens is 2. The lowest BCUT2D eigenvalue weighted by molar-refractivity contribution is 0.0973.